The topological polar surface area (TPSA) is 96.8 Å². The maximum absolute atomic E-state index is 11.5. The van der Waals surface area contributed by atoms with Gasteiger partial charge in [0.2, 0.25) is 0 Å². The fraction of sp³-hybridized carbons (Fsp3) is 0.308. The molecule has 0 radical (unpaired) electrons. The molecule has 0 fully saturated rings. The third-order valence-electron chi connectivity index (χ3n) is 2.96. The molecular formula is C13H13N3O3S. The van der Waals surface area contributed by atoms with Crippen molar-refractivity contribution in [2.24, 2.45) is 0 Å². The van der Waals surface area contributed by atoms with Crippen molar-refractivity contribution in [1.29, 1.82) is 5.26 Å². The van der Waals surface area contributed by atoms with E-state index in [-0.39, 0.29) is 18.1 Å². The molecule has 0 bridgehead atoms. The third kappa shape index (κ3) is 2.86. The standard InChI is InChI=1S/C13H13N3O3S/c1-9(20(2,17)18)12-15-13(19-16-12)11-6-4-3-5-10(11)7-8-14/h3-6,9H,7H2,1-2H3. The highest BCUT2D eigenvalue weighted by atomic mass is 32.2. The molecule has 1 unspecified atom stereocenters. The number of benzene rings is 1. The quantitative estimate of drug-likeness (QED) is 0.853. The van der Waals surface area contributed by atoms with E-state index in [0.717, 1.165) is 11.8 Å². The van der Waals surface area contributed by atoms with Gasteiger partial charge in [0.05, 0.1) is 12.5 Å². The number of rotatable bonds is 4. The average molecular weight is 291 g/mol. The SMILES string of the molecule is CC(c1noc(-c2ccccc2CC#N)n1)S(C)(=O)=O. The minimum absolute atomic E-state index is 0.120. The van der Waals surface area contributed by atoms with E-state index < -0.39 is 15.1 Å². The first kappa shape index (κ1) is 14.2. The second-order valence-electron chi connectivity index (χ2n) is 4.42. The van der Waals surface area contributed by atoms with Gasteiger partial charge in [0.15, 0.2) is 15.7 Å². The van der Waals surface area contributed by atoms with Crippen molar-refractivity contribution in [3.63, 3.8) is 0 Å². The monoisotopic (exact) mass is 291 g/mol. The molecular weight excluding hydrogens is 278 g/mol. The van der Waals surface area contributed by atoms with Gasteiger partial charge in [-0.2, -0.15) is 10.2 Å². The van der Waals surface area contributed by atoms with E-state index in [1.54, 1.807) is 18.2 Å². The zero-order valence-electron chi connectivity index (χ0n) is 11.1. The molecule has 1 atom stereocenters. The van der Waals surface area contributed by atoms with Gasteiger partial charge in [-0.25, -0.2) is 8.42 Å². The Bertz CT molecular complexity index is 759. The van der Waals surface area contributed by atoms with Crippen molar-refractivity contribution in [2.75, 3.05) is 6.26 Å². The number of hydrogen-bond donors (Lipinski definition) is 0. The average Bonchev–Trinajstić information content (AvgIpc) is 2.87. The number of nitrogens with zero attached hydrogens (tertiary/aromatic N) is 3. The second kappa shape index (κ2) is 5.43. The molecule has 0 aliphatic rings. The lowest BCUT2D eigenvalue weighted by Gasteiger charge is -2.02. The second-order valence-corrected chi connectivity index (χ2v) is 6.79. The van der Waals surface area contributed by atoms with Crippen LogP contribution in [0.25, 0.3) is 11.5 Å². The maximum atomic E-state index is 11.5. The summed E-state index contributed by atoms with van der Waals surface area (Å²) in [5.74, 6) is 0.343. The van der Waals surface area contributed by atoms with E-state index in [9.17, 15) is 8.42 Å². The van der Waals surface area contributed by atoms with Crippen LogP contribution < -0.4 is 0 Å². The summed E-state index contributed by atoms with van der Waals surface area (Å²) in [6.07, 6.45) is 1.34. The fourth-order valence-electron chi connectivity index (χ4n) is 1.67. The predicted molar refractivity (Wildman–Crippen MR) is 72.3 cm³/mol. The van der Waals surface area contributed by atoms with E-state index in [1.165, 1.54) is 6.92 Å². The molecule has 1 heterocycles. The lowest BCUT2D eigenvalue weighted by atomic mass is 10.1. The van der Waals surface area contributed by atoms with Gasteiger partial charge in [0.25, 0.3) is 5.89 Å². The van der Waals surface area contributed by atoms with Crippen LogP contribution in [0.2, 0.25) is 0 Å². The molecule has 20 heavy (non-hydrogen) atoms. The molecule has 0 spiro atoms. The van der Waals surface area contributed by atoms with Crippen molar-refractivity contribution in [3.8, 4) is 17.5 Å². The zero-order valence-corrected chi connectivity index (χ0v) is 11.9. The summed E-state index contributed by atoms with van der Waals surface area (Å²) < 4.78 is 28.1. The molecule has 0 N–H and O–H groups in total. The molecule has 2 rings (SSSR count). The van der Waals surface area contributed by atoms with Crippen LogP contribution in [-0.2, 0) is 16.3 Å². The van der Waals surface area contributed by atoms with Crippen LogP contribution in [0.4, 0.5) is 0 Å². The Kier molecular flexibility index (Phi) is 3.86. The largest absolute Gasteiger partial charge is 0.334 e. The highest BCUT2D eigenvalue weighted by Gasteiger charge is 2.24. The Morgan fingerprint density at radius 3 is 2.75 bits per heavy atom. The Labute approximate surface area is 117 Å². The van der Waals surface area contributed by atoms with Gasteiger partial charge in [-0.15, -0.1) is 0 Å². The van der Waals surface area contributed by atoms with Crippen molar-refractivity contribution < 1.29 is 12.9 Å². The molecule has 1 aromatic heterocycles. The number of sulfone groups is 1. The van der Waals surface area contributed by atoms with Crippen molar-refractivity contribution in [3.05, 3.63) is 35.7 Å². The molecule has 104 valence electrons. The van der Waals surface area contributed by atoms with Crippen LogP contribution in [0.3, 0.4) is 0 Å². The minimum atomic E-state index is -3.28. The molecule has 0 aliphatic carbocycles. The Balaban J connectivity index is 2.42. The van der Waals surface area contributed by atoms with Gasteiger partial charge in [-0.3, -0.25) is 0 Å². The van der Waals surface area contributed by atoms with Crippen LogP contribution in [0.5, 0.6) is 0 Å². The van der Waals surface area contributed by atoms with Crippen molar-refractivity contribution in [1.82, 2.24) is 10.1 Å². The lowest BCUT2D eigenvalue weighted by molar-refractivity contribution is 0.421. The first-order chi connectivity index (χ1) is 9.43. The van der Waals surface area contributed by atoms with Crippen LogP contribution in [0.15, 0.2) is 28.8 Å². The van der Waals surface area contributed by atoms with Gasteiger partial charge >= 0.3 is 0 Å². The first-order valence-corrected chi connectivity index (χ1v) is 7.86. The Morgan fingerprint density at radius 2 is 2.10 bits per heavy atom. The normalized spacial score (nSPS) is 12.8. The minimum Gasteiger partial charge on any atom is -0.334 e. The Hall–Kier alpha value is -2.20. The van der Waals surface area contributed by atoms with Crippen LogP contribution in [0.1, 0.15) is 23.6 Å². The predicted octanol–water partition coefficient (Wildman–Crippen LogP) is 1.91. The van der Waals surface area contributed by atoms with E-state index >= 15 is 0 Å². The maximum Gasteiger partial charge on any atom is 0.258 e. The molecule has 0 saturated heterocycles. The van der Waals surface area contributed by atoms with Crippen LogP contribution in [0, 0.1) is 11.3 Å². The summed E-state index contributed by atoms with van der Waals surface area (Å²) in [5, 5.41) is 11.7. The highest BCUT2D eigenvalue weighted by Crippen LogP contribution is 2.25. The lowest BCUT2D eigenvalue weighted by Crippen LogP contribution is -2.09. The summed E-state index contributed by atoms with van der Waals surface area (Å²) in [7, 11) is -3.28. The number of aromatic nitrogens is 2. The summed E-state index contributed by atoms with van der Waals surface area (Å²) in [4.78, 5) is 4.12. The van der Waals surface area contributed by atoms with Gasteiger partial charge < -0.3 is 4.52 Å². The molecule has 0 amide bonds. The Morgan fingerprint density at radius 1 is 1.40 bits per heavy atom. The van der Waals surface area contributed by atoms with E-state index in [0.29, 0.717) is 5.56 Å². The molecule has 7 heteroatoms. The zero-order chi connectivity index (χ0) is 14.8. The fourth-order valence-corrected chi connectivity index (χ4v) is 2.15. The first-order valence-electron chi connectivity index (χ1n) is 5.91. The number of nitriles is 1. The van der Waals surface area contributed by atoms with Crippen molar-refractivity contribution in [2.45, 2.75) is 18.6 Å². The third-order valence-corrected chi connectivity index (χ3v) is 4.46. The molecule has 6 nitrogen and oxygen atoms in total. The van der Waals surface area contributed by atoms with Gasteiger partial charge in [0.1, 0.15) is 5.25 Å². The molecule has 0 saturated carbocycles. The van der Waals surface area contributed by atoms with Gasteiger partial charge in [0, 0.05) is 11.8 Å². The summed E-state index contributed by atoms with van der Waals surface area (Å²) in [6, 6.07) is 9.22. The number of hydrogen-bond acceptors (Lipinski definition) is 6. The van der Waals surface area contributed by atoms with Crippen molar-refractivity contribution >= 4 is 9.84 Å². The van der Waals surface area contributed by atoms with E-state index in [2.05, 4.69) is 16.2 Å². The summed E-state index contributed by atoms with van der Waals surface area (Å²) >= 11 is 0. The molecule has 2 aromatic rings. The highest BCUT2D eigenvalue weighted by molar-refractivity contribution is 7.90. The summed E-state index contributed by atoms with van der Waals surface area (Å²) in [5.41, 5.74) is 1.41. The van der Waals surface area contributed by atoms with E-state index in [4.69, 9.17) is 9.78 Å². The molecule has 0 aliphatic heterocycles. The summed E-state index contributed by atoms with van der Waals surface area (Å²) in [6.45, 7) is 1.51. The molecule has 1 aromatic carbocycles. The van der Waals surface area contributed by atoms with Crippen LogP contribution in [-0.4, -0.2) is 24.8 Å². The van der Waals surface area contributed by atoms with E-state index in [1.807, 2.05) is 6.07 Å². The van der Waals surface area contributed by atoms with Crippen LogP contribution >= 0.6 is 0 Å². The smallest absolute Gasteiger partial charge is 0.258 e. The van der Waals surface area contributed by atoms with Gasteiger partial charge in [-0.05, 0) is 18.6 Å². The van der Waals surface area contributed by atoms with Gasteiger partial charge in [-0.1, -0.05) is 23.4 Å².